The Balaban J connectivity index is 1.80. The molecule has 0 unspecified atom stereocenters. The Kier molecular flexibility index (Phi) is 5.41. The molecule has 1 aromatic carbocycles. The standard InChI is InChI=1S/C15H19ClN4O2S2/c1-19-6-8-20(9-7-19)24(21,22)14-5-3-2-4-13(14)17-10-12-11-18-15(16)23-12/h2-5,11,17H,6-10H2,1H3. The summed E-state index contributed by atoms with van der Waals surface area (Å²) in [7, 11) is -1.51. The van der Waals surface area contributed by atoms with Gasteiger partial charge in [-0.15, -0.1) is 11.3 Å². The Bertz CT molecular complexity index is 801. The lowest BCUT2D eigenvalue weighted by Gasteiger charge is -2.32. The van der Waals surface area contributed by atoms with Crippen LogP contribution in [0, 0.1) is 0 Å². The molecule has 1 aliphatic rings. The van der Waals surface area contributed by atoms with E-state index in [0.717, 1.165) is 18.0 Å². The molecule has 0 radical (unpaired) electrons. The molecule has 0 saturated carbocycles. The predicted molar refractivity (Wildman–Crippen MR) is 97.1 cm³/mol. The molecule has 1 fully saturated rings. The number of likely N-dealkylation sites (N-methyl/N-ethyl adjacent to an activating group) is 1. The first-order valence-corrected chi connectivity index (χ1v) is 10.2. The SMILES string of the molecule is CN1CCN(S(=O)(=O)c2ccccc2NCc2cnc(Cl)s2)CC1. The van der Waals surface area contributed by atoms with E-state index in [0.29, 0.717) is 34.7 Å². The summed E-state index contributed by atoms with van der Waals surface area (Å²) in [4.78, 5) is 7.38. The second-order valence-electron chi connectivity index (χ2n) is 5.64. The molecule has 1 aromatic heterocycles. The quantitative estimate of drug-likeness (QED) is 0.854. The van der Waals surface area contributed by atoms with Crippen LogP contribution in [0.5, 0.6) is 0 Å². The number of nitrogens with zero attached hydrogens (tertiary/aromatic N) is 3. The number of rotatable bonds is 5. The molecule has 1 saturated heterocycles. The second-order valence-corrected chi connectivity index (χ2v) is 9.24. The molecule has 0 atom stereocenters. The van der Waals surface area contributed by atoms with Crippen LogP contribution in [-0.4, -0.2) is 55.8 Å². The second kappa shape index (κ2) is 7.37. The van der Waals surface area contributed by atoms with Crippen molar-refractivity contribution in [2.75, 3.05) is 38.5 Å². The number of anilines is 1. The Morgan fingerprint density at radius 2 is 1.96 bits per heavy atom. The molecule has 0 bridgehead atoms. The average Bonchev–Trinajstić information content (AvgIpc) is 2.99. The van der Waals surface area contributed by atoms with Gasteiger partial charge >= 0.3 is 0 Å². The van der Waals surface area contributed by atoms with Gasteiger partial charge in [0.2, 0.25) is 10.0 Å². The highest BCUT2D eigenvalue weighted by molar-refractivity contribution is 7.89. The molecule has 9 heteroatoms. The fraction of sp³-hybridized carbons (Fsp3) is 0.400. The van der Waals surface area contributed by atoms with Gasteiger partial charge in [-0.1, -0.05) is 23.7 Å². The number of nitrogens with one attached hydrogen (secondary N) is 1. The van der Waals surface area contributed by atoms with Crippen molar-refractivity contribution in [1.82, 2.24) is 14.2 Å². The smallest absolute Gasteiger partial charge is 0.245 e. The van der Waals surface area contributed by atoms with E-state index in [1.54, 1.807) is 28.7 Å². The molecule has 0 amide bonds. The largest absolute Gasteiger partial charge is 0.379 e. The molecule has 0 aliphatic carbocycles. The van der Waals surface area contributed by atoms with E-state index in [1.165, 1.54) is 11.3 Å². The maximum Gasteiger partial charge on any atom is 0.245 e. The number of sulfonamides is 1. The highest BCUT2D eigenvalue weighted by Gasteiger charge is 2.29. The molecule has 6 nitrogen and oxygen atoms in total. The topological polar surface area (TPSA) is 65.5 Å². The van der Waals surface area contributed by atoms with Crippen molar-refractivity contribution in [2.24, 2.45) is 0 Å². The third kappa shape index (κ3) is 3.89. The first-order chi connectivity index (χ1) is 11.5. The third-order valence-corrected chi connectivity index (χ3v) is 7.02. The van der Waals surface area contributed by atoms with E-state index in [4.69, 9.17) is 11.6 Å². The summed E-state index contributed by atoms with van der Waals surface area (Å²) in [6.07, 6.45) is 1.69. The summed E-state index contributed by atoms with van der Waals surface area (Å²) >= 11 is 7.21. The molecule has 130 valence electrons. The summed E-state index contributed by atoms with van der Waals surface area (Å²) in [5, 5.41) is 3.19. The van der Waals surface area contributed by atoms with Gasteiger partial charge in [0.25, 0.3) is 0 Å². The summed E-state index contributed by atoms with van der Waals surface area (Å²) in [5.74, 6) is 0. The zero-order valence-electron chi connectivity index (χ0n) is 13.3. The fourth-order valence-corrected chi connectivity index (χ4v) is 5.06. The molecule has 24 heavy (non-hydrogen) atoms. The van der Waals surface area contributed by atoms with Crippen molar-refractivity contribution in [3.63, 3.8) is 0 Å². The Morgan fingerprint density at radius 1 is 1.25 bits per heavy atom. The third-order valence-electron chi connectivity index (χ3n) is 3.95. The van der Waals surface area contributed by atoms with E-state index in [9.17, 15) is 8.42 Å². The Labute approximate surface area is 151 Å². The van der Waals surface area contributed by atoms with Gasteiger partial charge in [-0.05, 0) is 19.2 Å². The minimum atomic E-state index is -3.51. The number of benzene rings is 1. The van der Waals surface area contributed by atoms with Gasteiger partial charge in [-0.3, -0.25) is 0 Å². The first-order valence-electron chi connectivity index (χ1n) is 7.58. The number of hydrogen-bond donors (Lipinski definition) is 1. The van der Waals surface area contributed by atoms with Crippen molar-refractivity contribution < 1.29 is 8.42 Å². The molecule has 1 aliphatic heterocycles. The first kappa shape index (κ1) is 17.6. The molecule has 0 spiro atoms. The van der Waals surface area contributed by atoms with Crippen LogP contribution in [0.15, 0.2) is 35.4 Å². The zero-order valence-corrected chi connectivity index (χ0v) is 15.7. The Hall–Kier alpha value is -1.19. The van der Waals surface area contributed by atoms with Crippen LogP contribution in [0.2, 0.25) is 4.47 Å². The minimum Gasteiger partial charge on any atom is -0.379 e. The lowest BCUT2D eigenvalue weighted by molar-refractivity contribution is 0.222. The van der Waals surface area contributed by atoms with Crippen LogP contribution < -0.4 is 5.32 Å². The van der Waals surface area contributed by atoms with Crippen LogP contribution in [0.1, 0.15) is 4.88 Å². The van der Waals surface area contributed by atoms with E-state index >= 15 is 0 Å². The van der Waals surface area contributed by atoms with Gasteiger partial charge in [-0.2, -0.15) is 4.31 Å². The lowest BCUT2D eigenvalue weighted by Crippen LogP contribution is -2.47. The van der Waals surface area contributed by atoms with E-state index in [1.807, 2.05) is 13.1 Å². The van der Waals surface area contributed by atoms with Crippen LogP contribution in [-0.2, 0) is 16.6 Å². The van der Waals surface area contributed by atoms with E-state index in [-0.39, 0.29) is 0 Å². The van der Waals surface area contributed by atoms with E-state index < -0.39 is 10.0 Å². The maximum atomic E-state index is 13.0. The number of piperazine rings is 1. The van der Waals surface area contributed by atoms with Gasteiger partial charge < -0.3 is 10.2 Å². The zero-order chi connectivity index (χ0) is 17.2. The van der Waals surface area contributed by atoms with Gasteiger partial charge in [-0.25, -0.2) is 13.4 Å². The summed E-state index contributed by atoms with van der Waals surface area (Å²) in [6.45, 7) is 3.00. The van der Waals surface area contributed by atoms with Gasteiger partial charge in [0.15, 0.2) is 4.47 Å². The summed E-state index contributed by atoms with van der Waals surface area (Å²) in [6, 6.07) is 7.00. The van der Waals surface area contributed by atoms with Gasteiger partial charge in [0, 0.05) is 37.3 Å². The van der Waals surface area contributed by atoms with Crippen molar-refractivity contribution in [2.45, 2.75) is 11.4 Å². The van der Waals surface area contributed by atoms with Crippen LogP contribution in [0.3, 0.4) is 0 Å². The summed E-state index contributed by atoms with van der Waals surface area (Å²) < 4.78 is 28.0. The average molecular weight is 387 g/mol. The number of halogens is 1. The number of hydrogen-bond acceptors (Lipinski definition) is 6. The van der Waals surface area contributed by atoms with Crippen molar-refractivity contribution in [3.05, 3.63) is 39.8 Å². The fourth-order valence-electron chi connectivity index (χ4n) is 2.55. The lowest BCUT2D eigenvalue weighted by atomic mass is 10.3. The minimum absolute atomic E-state index is 0.310. The van der Waals surface area contributed by atoms with Crippen molar-refractivity contribution in [1.29, 1.82) is 0 Å². The molecular weight excluding hydrogens is 368 g/mol. The van der Waals surface area contributed by atoms with Crippen molar-refractivity contribution in [3.8, 4) is 0 Å². The van der Waals surface area contributed by atoms with Gasteiger partial charge in [0.1, 0.15) is 4.90 Å². The van der Waals surface area contributed by atoms with Crippen LogP contribution in [0.4, 0.5) is 5.69 Å². The number of thiazole rings is 1. The number of para-hydroxylation sites is 1. The molecular formula is C15H19ClN4O2S2. The molecule has 2 heterocycles. The molecule has 1 N–H and O–H groups in total. The highest BCUT2D eigenvalue weighted by atomic mass is 35.5. The van der Waals surface area contributed by atoms with E-state index in [2.05, 4.69) is 15.2 Å². The highest BCUT2D eigenvalue weighted by Crippen LogP contribution is 2.26. The molecule has 2 aromatic rings. The monoisotopic (exact) mass is 386 g/mol. The Morgan fingerprint density at radius 3 is 2.62 bits per heavy atom. The van der Waals surface area contributed by atoms with Gasteiger partial charge in [0.05, 0.1) is 12.2 Å². The predicted octanol–water partition coefficient (Wildman–Crippen LogP) is 2.34. The maximum absolute atomic E-state index is 13.0. The number of aromatic nitrogens is 1. The normalized spacial score (nSPS) is 17.1. The summed E-state index contributed by atoms with van der Waals surface area (Å²) in [5.41, 5.74) is 0.598. The van der Waals surface area contributed by atoms with Crippen LogP contribution in [0.25, 0.3) is 0 Å². The molecule has 3 rings (SSSR count). The van der Waals surface area contributed by atoms with Crippen LogP contribution >= 0.6 is 22.9 Å². The van der Waals surface area contributed by atoms with Crippen molar-refractivity contribution >= 4 is 38.6 Å².